The Hall–Kier alpha value is -2.41. The lowest BCUT2D eigenvalue weighted by molar-refractivity contribution is 0.618. The summed E-state index contributed by atoms with van der Waals surface area (Å²) in [6.45, 7) is 0. The molecule has 0 fully saturated rings. The molecule has 3 aromatic rings. The topological polar surface area (TPSA) is 59.4 Å². The van der Waals surface area contributed by atoms with Crippen LogP contribution in [0, 0.1) is 10.6 Å². The molecule has 0 aliphatic rings. The molecule has 0 atom stereocenters. The summed E-state index contributed by atoms with van der Waals surface area (Å²) in [5.74, 6) is 0.0355. The van der Waals surface area contributed by atoms with Crippen molar-refractivity contribution in [2.24, 2.45) is 0 Å². The molecule has 0 amide bonds. The number of nitrogens with zero attached hydrogens (tertiary/aromatic N) is 4. The molecule has 19 heavy (non-hydrogen) atoms. The molecule has 2 heterocycles. The normalized spacial score (nSPS) is 10.6. The Labute approximate surface area is 112 Å². The third kappa shape index (κ3) is 2.04. The predicted octanol–water partition coefficient (Wildman–Crippen LogP) is 2.53. The number of benzene rings is 1. The van der Waals surface area contributed by atoms with E-state index < -0.39 is 0 Å². The zero-order chi connectivity index (χ0) is 13.2. The molecule has 0 radical (unpaired) electrons. The van der Waals surface area contributed by atoms with Gasteiger partial charge < -0.3 is 0 Å². The van der Waals surface area contributed by atoms with Crippen molar-refractivity contribution in [2.75, 3.05) is 0 Å². The molecule has 1 N–H and O–H groups in total. The van der Waals surface area contributed by atoms with Gasteiger partial charge in [-0.25, -0.2) is 9.37 Å². The first kappa shape index (κ1) is 11.7. The highest BCUT2D eigenvalue weighted by Gasteiger charge is 2.14. The molecule has 0 saturated carbocycles. The van der Waals surface area contributed by atoms with Crippen LogP contribution in [0.2, 0.25) is 0 Å². The summed E-state index contributed by atoms with van der Waals surface area (Å²) in [7, 11) is 0. The Morgan fingerprint density at radius 2 is 2.05 bits per heavy atom. The fourth-order valence-electron chi connectivity index (χ4n) is 1.74. The van der Waals surface area contributed by atoms with Gasteiger partial charge in [-0.05, 0) is 24.4 Å². The van der Waals surface area contributed by atoms with Crippen LogP contribution >= 0.6 is 12.2 Å². The van der Waals surface area contributed by atoms with Crippen molar-refractivity contribution >= 4 is 12.2 Å². The van der Waals surface area contributed by atoms with Crippen molar-refractivity contribution in [1.29, 1.82) is 0 Å². The highest BCUT2D eigenvalue weighted by atomic mass is 32.1. The lowest BCUT2D eigenvalue weighted by Crippen LogP contribution is -2.01. The van der Waals surface area contributed by atoms with E-state index in [2.05, 4.69) is 20.2 Å². The number of H-pyrrole nitrogens is 1. The van der Waals surface area contributed by atoms with Crippen molar-refractivity contribution < 1.29 is 4.39 Å². The second kappa shape index (κ2) is 4.69. The number of rotatable bonds is 2. The molecular formula is C12H8FN5S. The molecule has 1 aromatic carbocycles. The molecule has 0 bridgehead atoms. The van der Waals surface area contributed by atoms with E-state index in [1.807, 2.05) is 0 Å². The van der Waals surface area contributed by atoms with Crippen molar-refractivity contribution in [3.63, 3.8) is 0 Å². The van der Waals surface area contributed by atoms with Crippen LogP contribution in [0.15, 0.2) is 42.9 Å². The highest BCUT2D eigenvalue weighted by molar-refractivity contribution is 7.71. The molecule has 5 nitrogen and oxygen atoms in total. The lowest BCUT2D eigenvalue weighted by Gasteiger charge is -2.06. The first-order valence-corrected chi connectivity index (χ1v) is 5.87. The average Bonchev–Trinajstić information content (AvgIpc) is 2.82. The van der Waals surface area contributed by atoms with Gasteiger partial charge >= 0.3 is 0 Å². The summed E-state index contributed by atoms with van der Waals surface area (Å²) in [6.07, 6.45) is 4.64. The summed E-state index contributed by atoms with van der Waals surface area (Å²) in [5, 5.41) is 6.72. The van der Waals surface area contributed by atoms with Crippen LogP contribution in [0.4, 0.5) is 4.39 Å². The van der Waals surface area contributed by atoms with E-state index in [1.54, 1.807) is 36.8 Å². The molecule has 94 valence electrons. The van der Waals surface area contributed by atoms with Crippen LogP contribution in [0.25, 0.3) is 17.2 Å². The van der Waals surface area contributed by atoms with Gasteiger partial charge in [0.25, 0.3) is 0 Å². The van der Waals surface area contributed by atoms with E-state index in [0.29, 0.717) is 22.0 Å². The van der Waals surface area contributed by atoms with Gasteiger partial charge in [0.15, 0.2) is 10.6 Å². The van der Waals surface area contributed by atoms with Gasteiger partial charge in [-0.3, -0.25) is 14.6 Å². The van der Waals surface area contributed by atoms with E-state index in [1.165, 1.54) is 10.6 Å². The van der Waals surface area contributed by atoms with Crippen LogP contribution in [-0.2, 0) is 0 Å². The zero-order valence-electron chi connectivity index (χ0n) is 9.62. The second-order valence-electron chi connectivity index (χ2n) is 3.73. The van der Waals surface area contributed by atoms with E-state index in [0.717, 1.165) is 0 Å². The van der Waals surface area contributed by atoms with Crippen LogP contribution in [0.1, 0.15) is 0 Å². The molecule has 2 aromatic heterocycles. The largest absolute Gasteiger partial charge is 0.264 e. The number of aromatic nitrogens is 5. The number of hydrogen-bond donors (Lipinski definition) is 1. The minimum absolute atomic E-state index is 0.297. The monoisotopic (exact) mass is 273 g/mol. The van der Waals surface area contributed by atoms with Gasteiger partial charge in [0.2, 0.25) is 0 Å². The highest BCUT2D eigenvalue weighted by Crippen LogP contribution is 2.20. The predicted molar refractivity (Wildman–Crippen MR) is 69.7 cm³/mol. The molecule has 0 aliphatic heterocycles. The SMILES string of the molecule is Fc1ccccc1-n1c(-c2cnccn2)n[nH]c1=S. The van der Waals surface area contributed by atoms with Gasteiger partial charge in [0.05, 0.1) is 11.9 Å². The maximum atomic E-state index is 13.9. The summed E-state index contributed by atoms with van der Waals surface area (Å²) in [6, 6.07) is 6.34. The molecule has 0 spiro atoms. The molecule has 3 rings (SSSR count). The minimum atomic E-state index is -0.384. The average molecular weight is 273 g/mol. The van der Waals surface area contributed by atoms with Crippen molar-refractivity contribution in [3.8, 4) is 17.2 Å². The van der Waals surface area contributed by atoms with Crippen LogP contribution in [0.3, 0.4) is 0 Å². The molecule has 0 unspecified atom stereocenters. The van der Waals surface area contributed by atoms with E-state index in [9.17, 15) is 4.39 Å². The quantitative estimate of drug-likeness (QED) is 0.729. The third-order valence-electron chi connectivity index (χ3n) is 2.56. The maximum Gasteiger partial charge on any atom is 0.200 e. The van der Waals surface area contributed by atoms with Gasteiger partial charge in [-0.2, -0.15) is 5.10 Å². The number of aromatic amines is 1. The first-order chi connectivity index (χ1) is 9.27. The summed E-state index contributed by atoms with van der Waals surface area (Å²) < 4.78 is 15.7. The van der Waals surface area contributed by atoms with Gasteiger partial charge in [-0.15, -0.1) is 0 Å². The summed E-state index contributed by atoms with van der Waals surface area (Å²) >= 11 is 5.14. The minimum Gasteiger partial charge on any atom is -0.264 e. The Kier molecular flexibility index (Phi) is 2.88. The van der Waals surface area contributed by atoms with E-state index in [4.69, 9.17) is 12.2 Å². The standard InChI is InChI=1S/C12H8FN5S/c13-8-3-1-2-4-10(8)18-11(16-17-12(18)19)9-7-14-5-6-15-9/h1-7H,(H,17,19). The van der Waals surface area contributed by atoms with Crippen molar-refractivity contribution in [2.45, 2.75) is 0 Å². The fraction of sp³-hybridized carbons (Fsp3) is 0. The van der Waals surface area contributed by atoms with Gasteiger partial charge in [-0.1, -0.05) is 12.1 Å². The maximum absolute atomic E-state index is 13.9. The number of nitrogens with one attached hydrogen (secondary N) is 1. The van der Waals surface area contributed by atoms with Crippen molar-refractivity contribution in [3.05, 3.63) is 53.4 Å². The fourth-order valence-corrected chi connectivity index (χ4v) is 1.97. The van der Waals surface area contributed by atoms with Crippen molar-refractivity contribution in [1.82, 2.24) is 24.7 Å². The van der Waals surface area contributed by atoms with Crippen LogP contribution in [0.5, 0.6) is 0 Å². The van der Waals surface area contributed by atoms with E-state index in [-0.39, 0.29) is 5.82 Å². The van der Waals surface area contributed by atoms with Gasteiger partial charge in [0, 0.05) is 12.4 Å². The number of hydrogen-bond acceptors (Lipinski definition) is 4. The first-order valence-electron chi connectivity index (χ1n) is 5.46. The Morgan fingerprint density at radius 3 is 2.79 bits per heavy atom. The summed E-state index contributed by atoms with van der Waals surface area (Å²) in [5.41, 5.74) is 0.833. The smallest absolute Gasteiger partial charge is 0.200 e. The van der Waals surface area contributed by atoms with Crippen LogP contribution in [-0.4, -0.2) is 24.7 Å². The third-order valence-corrected chi connectivity index (χ3v) is 2.83. The molecular weight excluding hydrogens is 265 g/mol. The molecule has 7 heteroatoms. The number of para-hydroxylation sites is 1. The van der Waals surface area contributed by atoms with Gasteiger partial charge in [0.1, 0.15) is 11.5 Å². The molecule has 0 saturated heterocycles. The number of halogens is 1. The Morgan fingerprint density at radius 1 is 1.21 bits per heavy atom. The summed E-state index contributed by atoms with van der Waals surface area (Å²) in [4.78, 5) is 8.11. The van der Waals surface area contributed by atoms with E-state index >= 15 is 0 Å². The lowest BCUT2D eigenvalue weighted by atomic mass is 10.3. The molecule has 0 aliphatic carbocycles. The second-order valence-corrected chi connectivity index (χ2v) is 4.12. The Bertz CT molecular complexity index is 765. The van der Waals surface area contributed by atoms with Crippen LogP contribution < -0.4 is 0 Å². The zero-order valence-corrected chi connectivity index (χ0v) is 10.4. The Balaban J connectivity index is 2.26.